The van der Waals surface area contributed by atoms with Crippen molar-refractivity contribution in [2.45, 2.75) is 50.6 Å². The van der Waals surface area contributed by atoms with E-state index >= 15 is 0 Å². The Labute approximate surface area is 168 Å². The van der Waals surface area contributed by atoms with Crippen LogP contribution in [0.3, 0.4) is 0 Å². The normalized spacial score (nSPS) is 20.3. The van der Waals surface area contributed by atoms with E-state index in [0.29, 0.717) is 22.9 Å². The molecule has 1 N–H and O–H groups in total. The molecule has 3 rings (SSSR count). The Morgan fingerprint density at radius 2 is 1.89 bits per heavy atom. The van der Waals surface area contributed by atoms with Crippen LogP contribution < -0.4 is 5.32 Å². The van der Waals surface area contributed by atoms with Crippen molar-refractivity contribution >= 4 is 41.0 Å². The van der Waals surface area contributed by atoms with Gasteiger partial charge in [-0.2, -0.15) is 0 Å². The Morgan fingerprint density at radius 1 is 1.22 bits per heavy atom. The zero-order valence-corrected chi connectivity index (χ0v) is 16.9. The van der Waals surface area contributed by atoms with E-state index < -0.39 is 17.5 Å². The molecule has 27 heavy (non-hydrogen) atoms. The molecule has 1 aromatic carbocycles. The van der Waals surface area contributed by atoms with E-state index in [1.807, 2.05) is 0 Å². The molecule has 146 valence electrons. The van der Waals surface area contributed by atoms with Crippen LogP contribution in [0.1, 0.15) is 50.6 Å². The van der Waals surface area contributed by atoms with Crippen LogP contribution in [0, 0.1) is 0 Å². The van der Waals surface area contributed by atoms with E-state index in [0.717, 1.165) is 29.7 Å². The monoisotopic (exact) mass is 411 g/mol. The van der Waals surface area contributed by atoms with Crippen LogP contribution >= 0.6 is 23.2 Å². The van der Waals surface area contributed by atoms with Crippen LogP contribution in [-0.2, 0) is 9.59 Å². The van der Waals surface area contributed by atoms with Gasteiger partial charge < -0.3 is 10.2 Å². The summed E-state index contributed by atoms with van der Waals surface area (Å²) in [6.07, 6.45) is 4.20. The van der Waals surface area contributed by atoms with E-state index in [9.17, 15) is 14.4 Å². The van der Waals surface area contributed by atoms with Crippen LogP contribution in [-0.4, -0.2) is 46.8 Å². The quantitative estimate of drug-likeness (QED) is 0.766. The van der Waals surface area contributed by atoms with Crippen molar-refractivity contribution in [2.24, 2.45) is 0 Å². The van der Waals surface area contributed by atoms with Crippen molar-refractivity contribution < 1.29 is 14.4 Å². The molecule has 1 aliphatic carbocycles. The number of carbonyl (C=O) groups is 3. The number of likely N-dealkylation sites (N-methyl/N-ethyl adjacent to an activating group) is 1. The van der Waals surface area contributed by atoms with Gasteiger partial charge in [0.15, 0.2) is 0 Å². The zero-order valence-electron chi connectivity index (χ0n) is 15.4. The highest BCUT2D eigenvalue weighted by atomic mass is 35.5. The molecule has 8 heteroatoms. The number of hydrogen-bond acceptors (Lipinski definition) is 3. The summed E-state index contributed by atoms with van der Waals surface area (Å²) in [6, 6.07) is 4.26. The van der Waals surface area contributed by atoms with Crippen molar-refractivity contribution in [1.82, 2.24) is 15.1 Å². The van der Waals surface area contributed by atoms with Crippen LogP contribution in [0.5, 0.6) is 0 Å². The molecule has 1 aliphatic heterocycles. The summed E-state index contributed by atoms with van der Waals surface area (Å²) >= 11 is 12.1. The number of nitrogens with one attached hydrogen (secondary N) is 1. The number of imide groups is 1. The molecule has 1 atom stereocenters. The minimum atomic E-state index is -0.777. The summed E-state index contributed by atoms with van der Waals surface area (Å²) in [4.78, 5) is 40.6. The lowest BCUT2D eigenvalue weighted by atomic mass is 9.81. The minimum Gasteiger partial charge on any atom is -0.348 e. The maximum atomic E-state index is 12.9. The Kier molecular flexibility index (Phi) is 5.68. The van der Waals surface area contributed by atoms with Gasteiger partial charge in [0.05, 0.1) is 6.04 Å². The van der Waals surface area contributed by atoms with Crippen molar-refractivity contribution in [1.29, 1.82) is 0 Å². The highest BCUT2D eigenvalue weighted by molar-refractivity contribution is 6.35. The number of hydrogen-bond donors (Lipinski definition) is 1. The van der Waals surface area contributed by atoms with Crippen molar-refractivity contribution in [3.8, 4) is 0 Å². The fraction of sp³-hybridized carbons (Fsp3) is 0.526. The summed E-state index contributed by atoms with van der Waals surface area (Å²) in [5, 5.41) is 3.76. The van der Waals surface area contributed by atoms with Crippen LogP contribution in [0.15, 0.2) is 18.2 Å². The first-order valence-corrected chi connectivity index (χ1v) is 9.86. The first-order valence-electron chi connectivity index (χ1n) is 9.10. The molecule has 1 aromatic rings. The maximum absolute atomic E-state index is 12.9. The van der Waals surface area contributed by atoms with E-state index in [1.165, 1.54) is 4.90 Å². The SMILES string of the molecule is CC(NC(=O)CN1C(=O)N(C)C2(CCCCC2)C1=O)c1ccc(Cl)cc1Cl. The van der Waals surface area contributed by atoms with Gasteiger partial charge in [0.1, 0.15) is 12.1 Å². The van der Waals surface area contributed by atoms with Gasteiger partial charge in [-0.1, -0.05) is 48.5 Å². The molecule has 1 unspecified atom stereocenters. The first kappa shape index (κ1) is 20.0. The van der Waals surface area contributed by atoms with Crippen LogP contribution in [0.25, 0.3) is 0 Å². The molecule has 1 spiro atoms. The van der Waals surface area contributed by atoms with Crippen LogP contribution in [0.2, 0.25) is 10.0 Å². The van der Waals surface area contributed by atoms with Gasteiger partial charge >= 0.3 is 6.03 Å². The third-order valence-electron chi connectivity index (χ3n) is 5.59. The van der Waals surface area contributed by atoms with E-state index in [1.54, 1.807) is 32.2 Å². The molecular weight excluding hydrogens is 389 g/mol. The smallest absolute Gasteiger partial charge is 0.327 e. The second kappa shape index (κ2) is 7.68. The number of urea groups is 1. The number of rotatable bonds is 4. The van der Waals surface area contributed by atoms with Crippen molar-refractivity contribution in [3.63, 3.8) is 0 Å². The summed E-state index contributed by atoms with van der Waals surface area (Å²) in [7, 11) is 1.65. The van der Waals surface area contributed by atoms with Gasteiger partial charge in [-0.05, 0) is 37.5 Å². The molecule has 2 aliphatic rings. The Balaban J connectivity index is 1.68. The van der Waals surface area contributed by atoms with Gasteiger partial charge in [0, 0.05) is 17.1 Å². The summed E-state index contributed by atoms with van der Waals surface area (Å²) in [5.74, 6) is -0.668. The lowest BCUT2D eigenvalue weighted by molar-refractivity contribution is -0.137. The third-order valence-corrected chi connectivity index (χ3v) is 6.15. The molecule has 0 bridgehead atoms. The Morgan fingerprint density at radius 3 is 2.52 bits per heavy atom. The average molecular weight is 412 g/mol. The van der Waals surface area contributed by atoms with Gasteiger partial charge in [-0.15, -0.1) is 0 Å². The zero-order chi connectivity index (χ0) is 19.8. The number of amides is 4. The van der Waals surface area contributed by atoms with Gasteiger partial charge in [0.25, 0.3) is 5.91 Å². The topological polar surface area (TPSA) is 69.7 Å². The fourth-order valence-corrected chi connectivity index (χ4v) is 4.60. The molecule has 0 aromatic heterocycles. The predicted octanol–water partition coefficient (Wildman–Crippen LogP) is 3.77. The maximum Gasteiger partial charge on any atom is 0.327 e. The van der Waals surface area contributed by atoms with Gasteiger partial charge in [-0.25, -0.2) is 4.79 Å². The highest BCUT2D eigenvalue weighted by Crippen LogP contribution is 2.39. The second-order valence-corrected chi connectivity index (χ2v) is 8.12. The largest absolute Gasteiger partial charge is 0.348 e. The molecule has 4 amide bonds. The van der Waals surface area contributed by atoms with Crippen molar-refractivity contribution in [2.75, 3.05) is 13.6 Å². The average Bonchev–Trinajstić information content (AvgIpc) is 2.78. The van der Waals surface area contributed by atoms with E-state index in [2.05, 4.69) is 5.32 Å². The summed E-state index contributed by atoms with van der Waals surface area (Å²) in [6.45, 7) is 1.49. The van der Waals surface area contributed by atoms with Crippen molar-refractivity contribution in [3.05, 3.63) is 33.8 Å². The van der Waals surface area contributed by atoms with E-state index in [4.69, 9.17) is 23.2 Å². The molecule has 1 saturated heterocycles. The second-order valence-electron chi connectivity index (χ2n) is 7.28. The van der Waals surface area contributed by atoms with Gasteiger partial charge in [0.2, 0.25) is 5.91 Å². The molecule has 1 saturated carbocycles. The Hall–Kier alpha value is -1.79. The highest BCUT2D eigenvalue weighted by Gasteiger charge is 2.55. The lowest BCUT2D eigenvalue weighted by Gasteiger charge is -2.35. The number of benzene rings is 1. The fourth-order valence-electron chi connectivity index (χ4n) is 4.03. The molecular formula is C19H23Cl2N3O3. The number of nitrogens with zero attached hydrogens (tertiary/aromatic N) is 2. The standard InChI is InChI=1S/C19H23Cl2N3O3/c1-12(14-7-6-13(20)10-15(14)21)22-16(25)11-24-17(26)19(23(2)18(24)27)8-4-3-5-9-19/h6-7,10,12H,3-5,8-9,11H2,1-2H3,(H,22,25). The summed E-state index contributed by atoms with van der Waals surface area (Å²) < 4.78 is 0. The molecule has 6 nitrogen and oxygen atoms in total. The lowest BCUT2D eigenvalue weighted by Crippen LogP contribution is -2.49. The van der Waals surface area contributed by atoms with Gasteiger partial charge in [-0.3, -0.25) is 14.5 Å². The third kappa shape index (κ3) is 3.65. The molecule has 0 radical (unpaired) electrons. The summed E-state index contributed by atoms with van der Waals surface area (Å²) in [5.41, 5.74) is -0.0601. The van der Waals surface area contributed by atoms with E-state index in [-0.39, 0.29) is 18.5 Å². The molecule has 1 heterocycles. The Bertz CT molecular complexity index is 777. The minimum absolute atomic E-state index is 0.262. The number of carbonyl (C=O) groups excluding carboxylic acids is 3. The van der Waals surface area contributed by atoms with Crippen LogP contribution in [0.4, 0.5) is 4.79 Å². The first-order chi connectivity index (χ1) is 12.8. The predicted molar refractivity (Wildman–Crippen MR) is 104 cm³/mol. The molecule has 2 fully saturated rings. The number of halogens is 2.